The molecular weight excluding hydrogens is 544 g/mol. The summed E-state index contributed by atoms with van der Waals surface area (Å²) in [5.74, 6) is 0.435. The van der Waals surface area contributed by atoms with Crippen molar-refractivity contribution in [3.8, 4) is 0 Å². The number of carbonyl (C=O) groups excluding carboxylic acids is 1. The Bertz CT molecular complexity index is 1700. The van der Waals surface area contributed by atoms with Crippen LogP contribution in [0.5, 0.6) is 0 Å². The molecule has 224 valence electrons. The number of ether oxygens (including phenoxy) is 2. The molecule has 2 aromatic heterocycles. The molecule has 10 nitrogen and oxygen atoms in total. The van der Waals surface area contributed by atoms with Crippen LogP contribution >= 0.6 is 0 Å². The van der Waals surface area contributed by atoms with Crippen LogP contribution in [0, 0.1) is 0 Å². The van der Waals surface area contributed by atoms with Crippen molar-refractivity contribution < 1.29 is 14.3 Å². The number of nitrogens with one attached hydrogen (secondary N) is 2. The highest BCUT2D eigenvalue weighted by molar-refractivity contribution is 6.07. The lowest BCUT2D eigenvalue weighted by atomic mass is 10.1. The molecule has 1 amide bonds. The fraction of sp³-hybridized carbons (Fsp3) is 0.333. The quantitative estimate of drug-likeness (QED) is 0.143. The minimum atomic E-state index is -0.272. The van der Waals surface area contributed by atoms with Crippen LogP contribution in [-0.4, -0.2) is 85.5 Å². The lowest BCUT2D eigenvalue weighted by molar-refractivity contribution is -0.121. The van der Waals surface area contributed by atoms with Crippen LogP contribution in [0.3, 0.4) is 0 Å². The van der Waals surface area contributed by atoms with Gasteiger partial charge in [-0.3, -0.25) is 9.59 Å². The molecule has 0 spiro atoms. The van der Waals surface area contributed by atoms with Crippen LogP contribution in [0.2, 0.25) is 0 Å². The van der Waals surface area contributed by atoms with Gasteiger partial charge in [-0.1, -0.05) is 48.5 Å². The van der Waals surface area contributed by atoms with Gasteiger partial charge in [-0.25, -0.2) is 4.98 Å². The zero-order chi connectivity index (χ0) is 30.0. The number of likely N-dealkylation sites (N-methyl/N-ethyl adjacent to an activating group) is 1. The Balaban J connectivity index is 1.03. The van der Waals surface area contributed by atoms with Crippen molar-refractivity contribution in [3.63, 3.8) is 0 Å². The molecule has 5 aromatic rings. The molecule has 0 radical (unpaired) electrons. The summed E-state index contributed by atoms with van der Waals surface area (Å²) in [5.41, 5.74) is 3.41. The van der Waals surface area contributed by atoms with E-state index in [2.05, 4.69) is 27.8 Å². The molecule has 0 aliphatic rings. The lowest BCUT2D eigenvalue weighted by Gasteiger charge is -2.17. The van der Waals surface area contributed by atoms with E-state index in [4.69, 9.17) is 14.5 Å². The molecule has 0 atom stereocenters. The van der Waals surface area contributed by atoms with Gasteiger partial charge >= 0.3 is 0 Å². The summed E-state index contributed by atoms with van der Waals surface area (Å²) < 4.78 is 13.2. The fourth-order valence-electron chi connectivity index (χ4n) is 5.02. The van der Waals surface area contributed by atoms with Crippen molar-refractivity contribution in [2.24, 2.45) is 0 Å². The Morgan fingerprint density at radius 1 is 0.791 bits per heavy atom. The number of rotatable bonds is 15. The van der Waals surface area contributed by atoms with Gasteiger partial charge in [-0.05, 0) is 38.4 Å². The molecule has 0 unspecified atom stereocenters. The maximum Gasteiger partial charge on any atom is 0.280 e. The van der Waals surface area contributed by atoms with Crippen LogP contribution in [0.25, 0.3) is 32.7 Å². The number of para-hydroxylation sites is 3. The van der Waals surface area contributed by atoms with Gasteiger partial charge in [0, 0.05) is 36.8 Å². The second-order valence-electron chi connectivity index (χ2n) is 10.5. The first-order valence-corrected chi connectivity index (χ1v) is 14.6. The van der Waals surface area contributed by atoms with Gasteiger partial charge in [0.2, 0.25) is 5.91 Å². The molecule has 0 saturated heterocycles. The summed E-state index contributed by atoms with van der Waals surface area (Å²) in [6.07, 6.45) is 0.564. The molecule has 43 heavy (non-hydrogen) atoms. The molecule has 2 N–H and O–H groups in total. The lowest BCUT2D eigenvalue weighted by Crippen LogP contribution is -2.33. The van der Waals surface area contributed by atoms with Gasteiger partial charge in [-0.15, -0.1) is 0 Å². The molecule has 0 fully saturated rings. The SMILES string of the molecule is CN(C)CCc1nc(=O)c2ccccc2n1CC(=O)NCCOCCOCCNc1c2ccccc2nc2ccccc12. The first-order valence-electron chi connectivity index (χ1n) is 14.6. The van der Waals surface area contributed by atoms with Crippen molar-refractivity contribution in [2.45, 2.75) is 13.0 Å². The van der Waals surface area contributed by atoms with E-state index < -0.39 is 0 Å². The van der Waals surface area contributed by atoms with Crippen LogP contribution < -0.4 is 16.2 Å². The van der Waals surface area contributed by atoms with Crippen molar-refractivity contribution in [1.82, 2.24) is 24.8 Å². The Labute approximate surface area is 250 Å². The topological polar surface area (TPSA) is 111 Å². The standard InChI is InChI=1S/C33H38N6O4/c1-38(2)18-15-30-37-33(41)26-11-5-8-14-29(26)39(30)23-31(40)34-16-19-42-21-22-43-20-17-35-32-24-9-3-6-12-27(24)36-28-13-7-4-10-25(28)32/h3-14H,15-23H2,1-2H3,(H,34,40)(H,35,36). The monoisotopic (exact) mass is 582 g/mol. The molecule has 2 heterocycles. The van der Waals surface area contributed by atoms with E-state index in [9.17, 15) is 9.59 Å². The molecule has 0 aliphatic heterocycles. The van der Waals surface area contributed by atoms with Crippen LogP contribution in [-0.2, 0) is 27.2 Å². The summed E-state index contributed by atoms with van der Waals surface area (Å²) in [5, 5.41) is 9.10. The largest absolute Gasteiger partial charge is 0.382 e. The highest BCUT2D eigenvalue weighted by Crippen LogP contribution is 2.30. The molecule has 0 saturated carbocycles. The van der Waals surface area contributed by atoms with Crippen LogP contribution in [0.4, 0.5) is 5.69 Å². The highest BCUT2D eigenvalue weighted by atomic mass is 16.5. The van der Waals surface area contributed by atoms with Gasteiger partial charge in [0.05, 0.1) is 54.1 Å². The van der Waals surface area contributed by atoms with E-state index in [1.54, 1.807) is 12.1 Å². The normalized spacial score (nSPS) is 11.5. The number of amides is 1. The number of pyridine rings is 1. The van der Waals surface area contributed by atoms with Gasteiger partial charge in [-0.2, -0.15) is 4.98 Å². The van der Waals surface area contributed by atoms with Crippen molar-refractivity contribution in [3.05, 3.63) is 89.0 Å². The number of anilines is 1. The summed E-state index contributed by atoms with van der Waals surface area (Å²) >= 11 is 0. The maximum absolute atomic E-state index is 12.8. The molecule has 0 bridgehead atoms. The molecular formula is C33H38N6O4. The zero-order valence-electron chi connectivity index (χ0n) is 24.7. The Morgan fingerprint density at radius 3 is 2.07 bits per heavy atom. The van der Waals surface area contributed by atoms with E-state index in [-0.39, 0.29) is 18.0 Å². The van der Waals surface area contributed by atoms with E-state index >= 15 is 0 Å². The average molecular weight is 583 g/mol. The predicted octanol–water partition coefficient (Wildman–Crippen LogP) is 3.46. The first kappa shape index (κ1) is 30.1. The molecule has 0 aliphatic carbocycles. The zero-order valence-corrected chi connectivity index (χ0v) is 24.7. The summed E-state index contributed by atoms with van der Waals surface area (Å²) in [7, 11) is 3.92. The average Bonchev–Trinajstić information content (AvgIpc) is 3.02. The summed E-state index contributed by atoms with van der Waals surface area (Å²) in [4.78, 5) is 36.4. The third-order valence-corrected chi connectivity index (χ3v) is 7.13. The van der Waals surface area contributed by atoms with Crippen molar-refractivity contribution in [1.29, 1.82) is 0 Å². The van der Waals surface area contributed by atoms with Crippen molar-refractivity contribution in [2.75, 3.05) is 65.5 Å². The van der Waals surface area contributed by atoms with E-state index in [0.29, 0.717) is 62.7 Å². The van der Waals surface area contributed by atoms with Gasteiger partial charge < -0.3 is 29.6 Å². The van der Waals surface area contributed by atoms with Crippen molar-refractivity contribution >= 4 is 44.3 Å². The smallest absolute Gasteiger partial charge is 0.280 e. The highest BCUT2D eigenvalue weighted by Gasteiger charge is 2.14. The number of fused-ring (bicyclic) bond motifs is 3. The fourth-order valence-corrected chi connectivity index (χ4v) is 5.02. The Kier molecular flexibility index (Phi) is 10.3. The minimum absolute atomic E-state index is 0.0781. The van der Waals surface area contributed by atoms with E-state index in [0.717, 1.165) is 34.0 Å². The number of carbonyl (C=O) groups is 1. The van der Waals surface area contributed by atoms with Gasteiger partial charge in [0.15, 0.2) is 0 Å². The second kappa shape index (κ2) is 14.7. The second-order valence-corrected chi connectivity index (χ2v) is 10.5. The third kappa shape index (κ3) is 7.72. The number of hydrogen-bond donors (Lipinski definition) is 2. The van der Waals surface area contributed by atoms with Gasteiger partial charge in [0.25, 0.3) is 5.56 Å². The number of hydrogen-bond acceptors (Lipinski definition) is 8. The third-order valence-electron chi connectivity index (χ3n) is 7.13. The van der Waals surface area contributed by atoms with Gasteiger partial charge in [0.1, 0.15) is 12.4 Å². The van der Waals surface area contributed by atoms with E-state index in [1.165, 1.54) is 0 Å². The molecule has 10 heteroatoms. The number of aromatic nitrogens is 3. The first-order chi connectivity index (χ1) is 21.0. The minimum Gasteiger partial charge on any atom is -0.382 e. The maximum atomic E-state index is 12.8. The molecule has 3 aromatic carbocycles. The predicted molar refractivity (Wildman–Crippen MR) is 171 cm³/mol. The Hall–Kier alpha value is -4.38. The number of nitrogens with zero attached hydrogens (tertiary/aromatic N) is 4. The van der Waals surface area contributed by atoms with E-state index in [1.807, 2.05) is 72.1 Å². The van der Waals surface area contributed by atoms with Crippen LogP contribution in [0.15, 0.2) is 77.6 Å². The molecule has 5 rings (SSSR count). The Morgan fingerprint density at radius 2 is 1.40 bits per heavy atom. The summed E-state index contributed by atoms with van der Waals surface area (Å²) in [6, 6.07) is 23.5. The summed E-state index contributed by atoms with van der Waals surface area (Å²) in [6.45, 7) is 3.62. The van der Waals surface area contributed by atoms with Crippen LogP contribution in [0.1, 0.15) is 5.82 Å². The number of benzene rings is 3.